The van der Waals surface area contributed by atoms with Crippen LogP contribution in [0.4, 0.5) is 5.82 Å². The van der Waals surface area contributed by atoms with Gasteiger partial charge < -0.3 is 9.80 Å². The van der Waals surface area contributed by atoms with E-state index in [0.717, 1.165) is 44.8 Å². The predicted octanol–water partition coefficient (Wildman–Crippen LogP) is 5.35. The number of nitrogens with zero attached hydrogens (tertiary/aromatic N) is 5. The van der Waals surface area contributed by atoms with Crippen LogP contribution < -0.4 is 4.90 Å². The van der Waals surface area contributed by atoms with Crippen molar-refractivity contribution in [2.24, 2.45) is 0 Å². The molecular weight excluding hydrogens is 462 g/mol. The number of aromatic nitrogens is 2. The first-order chi connectivity index (χ1) is 17.8. The van der Waals surface area contributed by atoms with Gasteiger partial charge in [0.1, 0.15) is 16.5 Å². The molecule has 0 bridgehead atoms. The largest absolute Gasteiger partial charge is 0.353 e. The molecule has 3 aromatic rings. The van der Waals surface area contributed by atoms with Crippen LogP contribution in [0.2, 0.25) is 0 Å². The van der Waals surface area contributed by atoms with Crippen LogP contribution in [0.5, 0.6) is 0 Å². The standard InChI is InChI=1S/C30H41N5S/c1-4-10-24(11-5-1)14-15-27-31-29(28-25-12-6-2-7-13-26(25)36-30(28)32-27)35-22-20-34(21-23-35)19-18-33-16-8-3-9-17-33/h1,4-5,10-11H,2-3,6-9,12-23H2. The van der Waals surface area contributed by atoms with Crippen LogP contribution in [-0.2, 0) is 25.7 Å². The summed E-state index contributed by atoms with van der Waals surface area (Å²) in [4.78, 5) is 21.2. The average molecular weight is 504 g/mol. The third kappa shape index (κ3) is 5.61. The number of piperazine rings is 1. The monoisotopic (exact) mass is 503 g/mol. The molecule has 6 rings (SSSR count). The number of fused-ring (bicyclic) bond motifs is 3. The summed E-state index contributed by atoms with van der Waals surface area (Å²) >= 11 is 1.96. The highest BCUT2D eigenvalue weighted by Gasteiger charge is 2.26. The van der Waals surface area contributed by atoms with Gasteiger partial charge in [0.25, 0.3) is 0 Å². The summed E-state index contributed by atoms with van der Waals surface area (Å²) in [5, 5.41) is 1.39. The lowest BCUT2D eigenvalue weighted by Crippen LogP contribution is -2.49. The van der Waals surface area contributed by atoms with Crippen molar-refractivity contribution < 1.29 is 0 Å². The fraction of sp³-hybridized carbons (Fsp3) is 0.600. The van der Waals surface area contributed by atoms with Crippen molar-refractivity contribution in [3.63, 3.8) is 0 Å². The molecule has 1 aromatic carbocycles. The summed E-state index contributed by atoms with van der Waals surface area (Å²) in [5.74, 6) is 2.25. The van der Waals surface area contributed by atoms with Gasteiger partial charge in [-0.2, -0.15) is 0 Å². The summed E-state index contributed by atoms with van der Waals surface area (Å²) in [5.41, 5.74) is 2.94. The van der Waals surface area contributed by atoms with Gasteiger partial charge in [0.2, 0.25) is 0 Å². The molecule has 3 aliphatic rings. The first kappa shape index (κ1) is 24.3. The maximum Gasteiger partial charge on any atom is 0.141 e. The summed E-state index contributed by atoms with van der Waals surface area (Å²) in [6, 6.07) is 10.8. The van der Waals surface area contributed by atoms with Gasteiger partial charge in [-0.3, -0.25) is 4.90 Å². The zero-order valence-corrected chi connectivity index (χ0v) is 22.6. The van der Waals surface area contributed by atoms with Crippen LogP contribution in [0.25, 0.3) is 10.2 Å². The number of benzene rings is 1. The summed E-state index contributed by atoms with van der Waals surface area (Å²) < 4.78 is 0. The van der Waals surface area contributed by atoms with Gasteiger partial charge in [-0.05, 0) is 69.2 Å². The normalized spacial score (nSPS) is 19.9. The van der Waals surface area contributed by atoms with Gasteiger partial charge in [-0.25, -0.2) is 9.97 Å². The van der Waals surface area contributed by atoms with Crippen molar-refractivity contribution in [1.82, 2.24) is 19.8 Å². The van der Waals surface area contributed by atoms with E-state index in [1.54, 1.807) is 10.4 Å². The van der Waals surface area contributed by atoms with Crippen LogP contribution >= 0.6 is 11.3 Å². The summed E-state index contributed by atoms with van der Waals surface area (Å²) in [6.45, 7) is 9.49. The molecule has 4 heterocycles. The van der Waals surface area contributed by atoms with E-state index in [4.69, 9.17) is 9.97 Å². The van der Waals surface area contributed by atoms with E-state index in [1.807, 2.05) is 11.3 Å². The molecule has 0 atom stereocenters. The quantitative estimate of drug-likeness (QED) is 0.406. The van der Waals surface area contributed by atoms with E-state index in [9.17, 15) is 0 Å². The van der Waals surface area contributed by atoms with Crippen molar-refractivity contribution in [2.45, 2.75) is 64.2 Å². The molecule has 2 aromatic heterocycles. The van der Waals surface area contributed by atoms with Crippen molar-refractivity contribution in [3.8, 4) is 0 Å². The minimum Gasteiger partial charge on any atom is -0.353 e. The maximum absolute atomic E-state index is 5.29. The summed E-state index contributed by atoms with van der Waals surface area (Å²) in [6.07, 6.45) is 12.5. The minimum absolute atomic E-state index is 0.908. The van der Waals surface area contributed by atoms with E-state index in [2.05, 4.69) is 45.0 Å². The average Bonchev–Trinajstić information content (AvgIpc) is 3.12. The molecule has 2 fully saturated rings. The minimum atomic E-state index is 0.908. The Labute approximate surface area is 220 Å². The Hall–Kier alpha value is -2.02. The maximum atomic E-state index is 5.29. The molecule has 1 aliphatic carbocycles. The Balaban J connectivity index is 1.21. The Bertz CT molecular complexity index is 1130. The third-order valence-electron chi connectivity index (χ3n) is 8.42. The smallest absolute Gasteiger partial charge is 0.141 e. The molecule has 192 valence electrons. The van der Waals surface area contributed by atoms with Crippen molar-refractivity contribution >= 4 is 27.4 Å². The Morgan fingerprint density at radius 2 is 1.42 bits per heavy atom. The van der Waals surface area contributed by atoms with Gasteiger partial charge in [0.15, 0.2) is 0 Å². The molecule has 6 heteroatoms. The highest BCUT2D eigenvalue weighted by atomic mass is 32.1. The van der Waals surface area contributed by atoms with Gasteiger partial charge in [-0.1, -0.05) is 43.2 Å². The molecule has 36 heavy (non-hydrogen) atoms. The van der Waals surface area contributed by atoms with E-state index in [0.29, 0.717) is 0 Å². The SMILES string of the molecule is c1ccc(CCc2nc(N3CCN(CCN4CCCCC4)CC3)c3c4c(sc3n2)CCCCC4)cc1. The number of aryl methyl sites for hydroxylation is 4. The number of hydrogen-bond donors (Lipinski definition) is 0. The fourth-order valence-electron chi connectivity index (χ4n) is 6.25. The van der Waals surface area contributed by atoms with Gasteiger partial charge in [-0.15, -0.1) is 11.3 Å². The highest BCUT2D eigenvalue weighted by molar-refractivity contribution is 7.19. The van der Waals surface area contributed by atoms with E-state index < -0.39 is 0 Å². The molecular formula is C30H41N5S. The Morgan fingerprint density at radius 1 is 0.694 bits per heavy atom. The molecule has 0 spiro atoms. The zero-order valence-electron chi connectivity index (χ0n) is 21.8. The van der Waals surface area contributed by atoms with Crippen molar-refractivity contribution in [1.29, 1.82) is 0 Å². The molecule has 0 saturated carbocycles. The molecule has 2 saturated heterocycles. The third-order valence-corrected chi connectivity index (χ3v) is 9.61. The van der Waals surface area contributed by atoms with Gasteiger partial charge in [0, 0.05) is 50.6 Å². The number of hydrogen-bond acceptors (Lipinski definition) is 6. The second-order valence-electron chi connectivity index (χ2n) is 10.9. The first-order valence-electron chi connectivity index (χ1n) is 14.4. The second-order valence-corrected chi connectivity index (χ2v) is 12.0. The lowest BCUT2D eigenvalue weighted by molar-refractivity contribution is 0.176. The van der Waals surface area contributed by atoms with Crippen molar-refractivity contribution in [2.75, 3.05) is 57.3 Å². The molecule has 0 amide bonds. The van der Waals surface area contributed by atoms with E-state index in [1.165, 1.54) is 99.1 Å². The van der Waals surface area contributed by atoms with Crippen molar-refractivity contribution in [3.05, 3.63) is 52.2 Å². The van der Waals surface area contributed by atoms with Crippen LogP contribution in [0.3, 0.4) is 0 Å². The zero-order chi connectivity index (χ0) is 24.2. The van der Waals surface area contributed by atoms with Crippen LogP contribution in [-0.4, -0.2) is 72.1 Å². The van der Waals surface area contributed by atoms with Crippen LogP contribution in [0, 0.1) is 0 Å². The number of likely N-dealkylation sites (tertiary alicyclic amines) is 1. The Kier molecular flexibility index (Phi) is 7.82. The molecule has 2 aliphatic heterocycles. The van der Waals surface area contributed by atoms with Gasteiger partial charge >= 0.3 is 0 Å². The first-order valence-corrected chi connectivity index (χ1v) is 15.2. The van der Waals surface area contributed by atoms with E-state index >= 15 is 0 Å². The highest BCUT2D eigenvalue weighted by Crippen LogP contribution is 2.39. The van der Waals surface area contributed by atoms with Gasteiger partial charge in [0.05, 0.1) is 5.39 Å². The molecule has 0 unspecified atom stereocenters. The van der Waals surface area contributed by atoms with E-state index in [-0.39, 0.29) is 0 Å². The lowest BCUT2D eigenvalue weighted by atomic mass is 10.1. The number of anilines is 1. The number of rotatable bonds is 7. The lowest BCUT2D eigenvalue weighted by Gasteiger charge is -2.37. The van der Waals surface area contributed by atoms with Crippen LogP contribution in [0.1, 0.15) is 60.4 Å². The second kappa shape index (κ2) is 11.6. The van der Waals surface area contributed by atoms with Crippen LogP contribution in [0.15, 0.2) is 30.3 Å². The fourth-order valence-corrected chi connectivity index (χ4v) is 7.52. The number of piperidine rings is 1. The summed E-state index contributed by atoms with van der Waals surface area (Å²) in [7, 11) is 0. The predicted molar refractivity (Wildman–Crippen MR) is 151 cm³/mol. The molecule has 0 N–H and O–H groups in total. The Morgan fingerprint density at radius 3 is 2.22 bits per heavy atom. The topological polar surface area (TPSA) is 35.5 Å². The molecule has 5 nitrogen and oxygen atoms in total. The molecule has 0 radical (unpaired) electrons. The number of thiophene rings is 1.